The Bertz CT molecular complexity index is 484. The number of carbonyl (C=O) groups is 1. The summed E-state index contributed by atoms with van der Waals surface area (Å²) in [4.78, 5) is 14.5. The molecule has 0 aromatic heterocycles. The highest BCUT2D eigenvalue weighted by Gasteiger charge is 2.14. The van der Waals surface area contributed by atoms with Gasteiger partial charge in [-0.1, -0.05) is 12.1 Å². The zero-order chi connectivity index (χ0) is 15.8. The van der Waals surface area contributed by atoms with Gasteiger partial charge in [-0.05, 0) is 36.1 Å². The summed E-state index contributed by atoms with van der Waals surface area (Å²) < 4.78 is 0. The van der Waals surface area contributed by atoms with Crippen molar-refractivity contribution in [2.75, 3.05) is 41.9 Å². The van der Waals surface area contributed by atoms with Gasteiger partial charge in [0.2, 0.25) is 5.91 Å². The van der Waals surface area contributed by atoms with E-state index in [1.54, 1.807) is 11.8 Å². The van der Waals surface area contributed by atoms with Crippen molar-refractivity contribution >= 4 is 47.5 Å². The number of rotatable bonds is 7. The van der Waals surface area contributed by atoms with Crippen molar-refractivity contribution in [2.45, 2.75) is 19.0 Å². The van der Waals surface area contributed by atoms with Crippen LogP contribution in [0.2, 0.25) is 0 Å². The number of thioether (sulfide) groups is 2. The van der Waals surface area contributed by atoms with Crippen LogP contribution < -0.4 is 11.1 Å². The number of nitrogens with zero attached hydrogens (tertiary/aromatic N) is 1. The molecule has 7 heteroatoms. The molecule has 1 aliphatic rings. The van der Waals surface area contributed by atoms with Gasteiger partial charge in [-0.25, -0.2) is 0 Å². The highest BCUT2D eigenvalue weighted by atomic mass is 35.5. The molecule has 1 aliphatic heterocycles. The van der Waals surface area contributed by atoms with Gasteiger partial charge >= 0.3 is 0 Å². The molecule has 1 amide bonds. The average Bonchev–Trinajstić information content (AvgIpc) is 2.54. The standard InChI is InChI=1S/C16H25N3OS2.ClH/c1-21-8-5-15(17)16(20)18-14-4-2-3-13(11-14)12-19-6-9-22-10-7-19;/h2-4,11,15H,5-10,12,17H2,1H3,(H,18,20);1H/t15-;/m0./s1. The monoisotopic (exact) mass is 375 g/mol. The summed E-state index contributed by atoms with van der Waals surface area (Å²) in [5, 5.41) is 2.93. The number of benzene rings is 1. The van der Waals surface area contributed by atoms with Crippen LogP contribution >= 0.6 is 35.9 Å². The molecule has 1 atom stereocenters. The zero-order valence-electron chi connectivity index (χ0n) is 13.5. The van der Waals surface area contributed by atoms with Crippen molar-refractivity contribution in [2.24, 2.45) is 5.73 Å². The lowest BCUT2D eigenvalue weighted by Gasteiger charge is -2.26. The molecule has 0 saturated carbocycles. The summed E-state index contributed by atoms with van der Waals surface area (Å²) >= 11 is 3.72. The van der Waals surface area contributed by atoms with Crippen LogP contribution in [-0.2, 0) is 11.3 Å². The number of carbonyl (C=O) groups excluding carboxylic acids is 1. The van der Waals surface area contributed by atoms with Gasteiger partial charge in [0.05, 0.1) is 6.04 Å². The summed E-state index contributed by atoms with van der Waals surface area (Å²) in [6.45, 7) is 3.23. The first-order valence-electron chi connectivity index (χ1n) is 7.63. The van der Waals surface area contributed by atoms with Crippen molar-refractivity contribution in [3.8, 4) is 0 Å². The molecular weight excluding hydrogens is 350 g/mol. The lowest BCUT2D eigenvalue weighted by molar-refractivity contribution is -0.117. The molecule has 2 rings (SSSR count). The minimum Gasteiger partial charge on any atom is -0.325 e. The van der Waals surface area contributed by atoms with E-state index in [1.807, 2.05) is 30.2 Å². The summed E-state index contributed by atoms with van der Waals surface area (Å²) in [6, 6.07) is 7.66. The first-order chi connectivity index (χ1) is 10.7. The van der Waals surface area contributed by atoms with E-state index in [9.17, 15) is 4.79 Å². The lowest BCUT2D eigenvalue weighted by Crippen LogP contribution is -2.36. The predicted octanol–water partition coefficient (Wildman–Crippen LogP) is 2.68. The second-order valence-corrected chi connectivity index (χ2v) is 7.68. The summed E-state index contributed by atoms with van der Waals surface area (Å²) in [6.07, 6.45) is 2.73. The van der Waals surface area contributed by atoms with E-state index >= 15 is 0 Å². The van der Waals surface area contributed by atoms with Crippen LogP contribution in [0.4, 0.5) is 5.69 Å². The van der Waals surface area contributed by atoms with Crippen LogP contribution in [-0.4, -0.2) is 53.5 Å². The highest BCUT2D eigenvalue weighted by molar-refractivity contribution is 7.99. The lowest BCUT2D eigenvalue weighted by atomic mass is 10.1. The fourth-order valence-corrected chi connectivity index (χ4v) is 3.84. The summed E-state index contributed by atoms with van der Waals surface area (Å²) in [5.41, 5.74) is 7.98. The van der Waals surface area contributed by atoms with Crippen molar-refractivity contribution in [3.05, 3.63) is 29.8 Å². The molecule has 0 unspecified atom stereocenters. The third kappa shape index (κ3) is 7.35. The number of amides is 1. The molecule has 1 heterocycles. The van der Waals surface area contributed by atoms with Crippen molar-refractivity contribution < 1.29 is 4.79 Å². The Hall–Kier alpha value is -0.400. The third-order valence-electron chi connectivity index (χ3n) is 3.67. The van der Waals surface area contributed by atoms with E-state index in [-0.39, 0.29) is 18.3 Å². The van der Waals surface area contributed by atoms with Gasteiger partial charge in [0.25, 0.3) is 0 Å². The van der Waals surface area contributed by atoms with E-state index in [0.717, 1.165) is 31.1 Å². The molecule has 1 aromatic carbocycles. The first-order valence-corrected chi connectivity index (χ1v) is 10.2. The topological polar surface area (TPSA) is 58.4 Å². The highest BCUT2D eigenvalue weighted by Crippen LogP contribution is 2.16. The minimum absolute atomic E-state index is 0. The normalized spacial score (nSPS) is 16.4. The Labute approximate surface area is 153 Å². The Morgan fingerprint density at radius 2 is 2.17 bits per heavy atom. The van der Waals surface area contributed by atoms with Crippen LogP contribution in [0.15, 0.2) is 24.3 Å². The third-order valence-corrected chi connectivity index (χ3v) is 5.26. The summed E-state index contributed by atoms with van der Waals surface area (Å²) in [5.74, 6) is 3.23. The molecule has 3 N–H and O–H groups in total. The number of hydrogen-bond donors (Lipinski definition) is 2. The van der Waals surface area contributed by atoms with Crippen molar-refractivity contribution in [1.82, 2.24) is 4.90 Å². The Morgan fingerprint density at radius 3 is 2.87 bits per heavy atom. The molecule has 0 bridgehead atoms. The fourth-order valence-electron chi connectivity index (χ4n) is 2.38. The van der Waals surface area contributed by atoms with E-state index in [4.69, 9.17) is 5.73 Å². The van der Waals surface area contributed by atoms with Crippen LogP contribution in [0.25, 0.3) is 0 Å². The van der Waals surface area contributed by atoms with E-state index in [1.165, 1.54) is 17.1 Å². The predicted molar refractivity (Wildman–Crippen MR) is 106 cm³/mol. The second-order valence-electron chi connectivity index (χ2n) is 5.47. The Morgan fingerprint density at radius 1 is 1.43 bits per heavy atom. The smallest absolute Gasteiger partial charge is 0.241 e. The molecule has 130 valence electrons. The molecule has 1 aromatic rings. The quantitative estimate of drug-likeness (QED) is 0.767. The number of nitrogens with two attached hydrogens (primary N) is 1. The maximum Gasteiger partial charge on any atom is 0.241 e. The number of nitrogens with one attached hydrogen (secondary N) is 1. The van der Waals surface area contributed by atoms with E-state index in [0.29, 0.717) is 6.42 Å². The molecule has 23 heavy (non-hydrogen) atoms. The minimum atomic E-state index is -0.435. The second kappa shape index (κ2) is 11.2. The number of hydrogen-bond acceptors (Lipinski definition) is 5. The van der Waals surface area contributed by atoms with Gasteiger partial charge in [-0.15, -0.1) is 12.4 Å². The van der Waals surface area contributed by atoms with Gasteiger partial charge in [0, 0.05) is 36.8 Å². The molecule has 4 nitrogen and oxygen atoms in total. The van der Waals surface area contributed by atoms with E-state index in [2.05, 4.69) is 22.3 Å². The van der Waals surface area contributed by atoms with Crippen molar-refractivity contribution in [1.29, 1.82) is 0 Å². The van der Waals surface area contributed by atoms with Gasteiger partial charge in [0.15, 0.2) is 0 Å². The van der Waals surface area contributed by atoms with Gasteiger partial charge in [0.1, 0.15) is 0 Å². The molecule has 0 radical (unpaired) electrons. The Kier molecular flexibility index (Phi) is 10.1. The molecule has 1 saturated heterocycles. The average molecular weight is 376 g/mol. The largest absolute Gasteiger partial charge is 0.325 e. The SMILES string of the molecule is CSCC[C@H](N)C(=O)Nc1cccc(CN2CCSCC2)c1.Cl. The van der Waals surface area contributed by atoms with Crippen LogP contribution in [0.5, 0.6) is 0 Å². The van der Waals surface area contributed by atoms with Crippen molar-refractivity contribution in [3.63, 3.8) is 0 Å². The zero-order valence-corrected chi connectivity index (χ0v) is 15.9. The molecule has 1 fully saturated rings. The fraction of sp³-hybridized carbons (Fsp3) is 0.562. The maximum atomic E-state index is 12.1. The maximum absolute atomic E-state index is 12.1. The van der Waals surface area contributed by atoms with Gasteiger partial charge in [-0.3, -0.25) is 9.69 Å². The molecule has 0 aliphatic carbocycles. The van der Waals surface area contributed by atoms with Crippen LogP contribution in [0, 0.1) is 0 Å². The molecular formula is C16H26ClN3OS2. The molecule has 0 spiro atoms. The van der Waals surface area contributed by atoms with E-state index < -0.39 is 6.04 Å². The number of halogens is 1. The Balaban J connectivity index is 0.00000264. The van der Waals surface area contributed by atoms with Gasteiger partial charge < -0.3 is 11.1 Å². The first kappa shape index (κ1) is 20.6. The van der Waals surface area contributed by atoms with Gasteiger partial charge in [-0.2, -0.15) is 23.5 Å². The van der Waals surface area contributed by atoms with Crippen LogP contribution in [0.3, 0.4) is 0 Å². The van der Waals surface area contributed by atoms with Crippen LogP contribution in [0.1, 0.15) is 12.0 Å². The summed E-state index contributed by atoms with van der Waals surface area (Å²) in [7, 11) is 0. The number of anilines is 1.